The summed E-state index contributed by atoms with van der Waals surface area (Å²) < 4.78 is 0.810. The van der Waals surface area contributed by atoms with Crippen LogP contribution >= 0.6 is 34.2 Å². The van der Waals surface area contributed by atoms with E-state index >= 15 is 0 Å². The molecule has 2 rings (SSSR count). The molecule has 0 aromatic carbocycles. The van der Waals surface area contributed by atoms with Crippen molar-refractivity contribution in [3.63, 3.8) is 0 Å². The summed E-state index contributed by atoms with van der Waals surface area (Å²) in [6.07, 6.45) is 5.09. The van der Waals surface area contributed by atoms with Crippen LogP contribution in [-0.2, 0) is 0 Å². The van der Waals surface area contributed by atoms with Gasteiger partial charge in [0.05, 0.1) is 3.57 Å². The molecule has 4 nitrogen and oxygen atoms in total. The molecule has 0 unspecified atom stereocenters. The number of rotatable bonds is 1. The Balaban J connectivity index is 2.45. The fraction of sp³-hybridized carbons (Fsp3) is 0.111. The molecule has 0 saturated heterocycles. The van der Waals surface area contributed by atoms with Crippen molar-refractivity contribution in [2.75, 3.05) is 0 Å². The molecular formula is C9H6ClIN4. The molecule has 0 aliphatic heterocycles. The highest BCUT2D eigenvalue weighted by atomic mass is 127. The van der Waals surface area contributed by atoms with Crippen LogP contribution in [0.15, 0.2) is 18.6 Å². The van der Waals surface area contributed by atoms with E-state index in [4.69, 9.17) is 11.6 Å². The van der Waals surface area contributed by atoms with Crippen molar-refractivity contribution >= 4 is 34.2 Å². The largest absolute Gasteiger partial charge is 0.234 e. The van der Waals surface area contributed by atoms with Crippen molar-refractivity contribution in [2.45, 2.75) is 6.92 Å². The number of halogens is 2. The first kappa shape index (κ1) is 10.7. The summed E-state index contributed by atoms with van der Waals surface area (Å²) in [5, 5.41) is 0.421. The Labute approximate surface area is 105 Å². The lowest BCUT2D eigenvalue weighted by molar-refractivity contribution is 1.06. The average Bonchev–Trinajstić information content (AvgIpc) is 2.23. The minimum atomic E-state index is 0.421. The fourth-order valence-corrected chi connectivity index (χ4v) is 1.35. The van der Waals surface area contributed by atoms with Crippen LogP contribution in [-0.4, -0.2) is 19.9 Å². The Bertz CT molecular complexity index is 486. The Hall–Kier alpha value is -0.820. The zero-order valence-electron chi connectivity index (χ0n) is 7.78. The summed E-state index contributed by atoms with van der Waals surface area (Å²) in [6.45, 7) is 1.92. The second kappa shape index (κ2) is 4.36. The first-order chi connectivity index (χ1) is 7.16. The van der Waals surface area contributed by atoms with Crippen molar-refractivity contribution in [3.8, 4) is 11.6 Å². The molecule has 0 radical (unpaired) electrons. The first-order valence-corrected chi connectivity index (χ1v) is 5.59. The van der Waals surface area contributed by atoms with E-state index in [0.29, 0.717) is 16.8 Å². The van der Waals surface area contributed by atoms with Crippen LogP contribution in [0.2, 0.25) is 5.15 Å². The Morgan fingerprint density at radius 2 is 1.67 bits per heavy atom. The van der Waals surface area contributed by atoms with Crippen LogP contribution in [0.25, 0.3) is 11.6 Å². The Morgan fingerprint density at radius 1 is 1.07 bits per heavy atom. The second-order valence-corrected chi connectivity index (χ2v) is 4.44. The normalized spacial score (nSPS) is 10.3. The maximum absolute atomic E-state index is 5.88. The number of nitrogens with zero attached hydrogens (tertiary/aromatic N) is 4. The van der Waals surface area contributed by atoms with Gasteiger partial charge >= 0.3 is 0 Å². The third kappa shape index (κ3) is 2.40. The number of hydrogen-bond acceptors (Lipinski definition) is 4. The smallest absolute Gasteiger partial charge is 0.199 e. The number of hydrogen-bond donors (Lipinski definition) is 0. The highest BCUT2D eigenvalue weighted by Gasteiger charge is 2.06. The van der Waals surface area contributed by atoms with E-state index in [2.05, 4.69) is 42.5 Å². The molecule has 0 aliphatic rings. The highest BCUT2D eigenvalue weighted by Crippen LogP contribution is 2.17. The zero-order valence-corrected chi connectivity index (χ0v) is 10.7. The van der Waals surface area contributed by atoms with Crippen LogP contribution in [0.5, 0.6) is 0 Å². The summed E-state index contributed by atoms with van der Waals surface area (Å²) in [5.74, 6) is 0.930. The molecule has 0 saturated carbocycles. The molecule has 0 fully saturated rings. The van der Waals surface area contributed by atoms with E-state index in [0.717, 1.165) is 9.13 Å². The lowest BCUT2D eigenvalue weighted by atomic mass is 10.4. The van der Waals surface area contributed by atoms with Crippen molar-refractivity contribution in [1.82, 2.24) is 19.9 Å². The van der Waals surface area contributed by atoms with E-state index in [1.165, 1.54) is 0 Å². The van der Waals surface area contributed by atoms with E-state index in [1.54, 1.807) is 18.6 Å². The fourth-order valence-electron chi connectivity index (χ4n) is 0.962. The topological polar surface area (TPSA) is 51.6 Å². The molecule has 0 bridgehead atoms. The van der Waals surface area contributed by atoms with Crippen LogP contribution in [0.3, 0.4) is 0 Å². The first-order valence-electron chi connectivity index (χ1n) is 4.14. The third-order valence-electron chi connectivity index (χ3n) is 1.68. The minimum absolute atomic E-state index is 0.421. The molecule has 0 N–H and O–H groups in total. The van der Waals surface area contributed by atoms with Gasteiger partial charge in [0.2, 0.25) is 0 Å². The maximum atomic E-state index is 5.88. The van der Waals surface area contributed by atoms with Crippen molar-refractivity contribution in [2.24, 2.45) is 0 Å². The highest BCUT2D eigenvalue weighted by molar-refractivity contribution is 14.1. The summed E-state index contributed by atoms with van der Waals surface area (Å²) >= 11 is 7.95. The summed E-state index contributed by atoms with van der Waals surface area (Å²) in [7, 11) is 0. The summed E-state index contributed by atoms with van der Waals surface area (Å²) in [6, 6.07) is 0. The SMILES string of the molecule is Cc1cnc(-c2ncc(I)c(Cl)n2)nc1. The van der Waals surface area contributed by atoms with Gasteiger partial charge < -0.3 is 0 Å². The van der Waals surface area contributed by atoms with Crippen molar-refractivity contribution in [1.29, 1.82) is 0 Å². The van der Waals surface area contributed by atoms with Gasteiger partial charge in [-0.25, -0.2) is 19.9 Å². The maximum Gasteiger partial charge on any atom is 0.199 e. The summed E-state index contributed by atoms with van der Waals surface area (Å²) in [4.78, 5) is 16.4. The molecule has 2 heterocycles. The Morgan fingerprint density at radius 3 is 2.27 bits per heavy atom. The van der Waals surface area contributed by atoms with E-state index in [-0.39, 0.29) is 0 Å². The minimum Gasteiger partial charge on any atom is -0.234 e. The lowest BCUT2D eigenvalue weighted by Crippen LogP contribution is -1.96. The predicted octanol–water partition coefficient (Wildman–Crippen LogP) is 2.50. The van der Waals surface area contributed by atoms with Gasteiger partial charge in [0.15, 0.2) is 11.6 Å². The van der Waals surface area contributed by atoms with Crippen LogP contribution in [0, 0.1) is 10.5 Å². The zero-order chi connectivity index (χ0) is 10.8. The van der Waals surface area contributed by atoms with Crippen molar-refractivity contribution < 1.29 is 0 Å². The predicted molar refractivity (Wildman–Crippen MR) is 65.5 cm³/mol. The summed E-state index contributed by atoms with van der Waals surface area (Å²) in [5.41, 5.74) is 0.996. The van der Waals surface area contributed by atoms with Gasteiger partial charge in [-0.3, -0.25) is 0 Å². The van der Waals surface area contributed by atoms with Gasteiger partial charge in [0.1, 0.15) is 5.15 Å². The second-order valence-electron chi connectivity index (χ2n) is 2.92. The molecule has 76 valence electrons. The van der Waals surface area contributed by atoms with Gasteiger partial charge in [-0.05, 0) is 35.1 Å². The number of aryl methyl sites for hydroxylation is 1. The number of aromatic nitrogens is 4. The van der Waals surface area contributed by atoms with Crippen LogP contribution in [0.4, 0.5) is 0 Å². The molecule has 0 aliphatic carbocycles. The molecule has 2 aromatic rings. The molecule has 6 heteroatoms. The van der Waals surface area contributed by atoms with Gasteiger partial charge in [0.25, 0.3) is 0 Å². The molecule has 0 amide bonds. The van der Waals surface area contributed by atoms with E-state index in [1.807, 2.05) is 6.92 Å². The van der Waals surface area contributed by atoms with Gasteiger partial charge in [-0.1, -0.05) is 11.6 Å². The monoisotopic (exact) mass is 332 g/mol. The lowest BCUT2D eigenvalue weighted by Gasteiger charge is -1.99. The molecule has 15 heavy (non-hydrogen) atoms. The molecular weight excluding hydrogens is 326 g/mol. The van der Waals surface area contributed by atoms with Gasteiger partial charge in [-0.15, -0.1) is 0 Å². The molecule has 0 atom stereocenters. The quantitative estimate of drug-likeness (QED) is 0.595. The standard InChI is InChI=1S/C9H6ClIN4/c1-5-2-12-8(13-3-5)9-14-4-6(11)7(10)15-9/h2-4H,1H3. The van der Waals surface area contributed by atoms with E-state index in [9.17, 15) is 0 Å². The Kier molecular flexibility index (Phi) is 3.11. The average molecular weight is 333 g/mol. The molecule has 2 aromatic heterocycles. The van der Waals surface area contributed by atoms with Crippen LogP contribution < -0.4 is 0 Å². The van der Waals surface area contributed by atoms with Gasteiger partial charge in [0, 0.05) is 18.6 Å². The van der Waals surface area contributed by atoms with E-state index < -0.39 is 0 Å². The van der Waals surface area contributed by atoms with Crippen molar-refractivity contribution in [3.05, 3.63) is 32.9 Å². The third-order valence-corrected chi connectivity index (χ3v) is 3.08. The van der Waals surface area contributed by atoms with Crippen LogP contribution in [0.1, 0.15) is 5.56 Å². The molecule has 0 spiro atoms. The van der Waals surface area contributed by atoms with Gasteiger partial charge in [-0.2, -0.15) is 0 Å².